The van der Waals surface area contributed by atoms with Crippen molar-refractivity contribution in [3.8, 4) is 0 Å². The summed E-state index contributed by atoms with van der Waals surface area (Å²) in [5.41, 5.74) is -0.420. The fourth-order valence-electron chi connectivity index (χ4n) is 1.64. The quantitative estimate of drug-likeness (QED) is 0.854. The van der Waals surface area contributed by atoms with Crippen LogP contribution in [0.4, 0.5) is 0 Å². The van der Waals surface area contributed by atoms with Gasteiger partial charge in [-0.2, -0.15) is 0 Å². The van der Waals surface area contributed by atoms with Crippen molar-refractivity contribution in [3.63, 3.8) is 0 Å². The van der Waals surface area contributed by atoms with E-state index in [1.165, 1.54) is 11.3 Å². The van der Waals surface area contributed by atoms with E-state index in [-0.39, 0.29) is 0 Å². The highest BCUT2D eigenvalue weighted by Crippen LogP contribution is 2.35. The van der Waals surface area contributed by atoms with Crippen molar-refractivity contribution in [2.45, 2.75) is 29.0 Å². The summed E-state index contributed by atoms with van der Waals surface area (Å²) in [6.07, 6.45) is 2.67. The highest BCUT2D eigenvalue weighted by molar-refractivity contribution is 9.11. The molecule has 1 fully saturated rings. The van der Waals surface area contributed by atoms with Gasteiger partial charge in [0.05, 0.1) is 3.79 Å². The molecule has 2 rings (SSSR count). The minimum atomic E-state index is -3.42. The standard InChI is InChI=1S/C9H11BrClNO2S2/c10-7-2-3-8(15-7)16(13,14)12-9(6-11)4-1-5-9/h2-3,12H,1,4-6H2. The molecule has 0 aromatic carbocycles. The average Bonchev–Trinajstić information content (AvgIpc) is 2.59. The Bertz CT molecular complexity index is 476. The topological polar surface area (TPSA) is 46.2 Å². The molecule has 0 amide bonds. The Morgan fingerprint density at radius 2 is 2.19 bits per heavy atom. The summed E-state index contributed by atoms with van der Waals surface area (Å²) in [6, 6.07) is 3.32. The number of sulfonamides is 1. The summed E-state index contributed by atoms with van der Waals surface area (Å²) in [4.78, 5) is 0. The lowest BCUT2D eigenvalue weighted by molar-refractivity contribution is 0.252. The van der Waals surface area contributed by atoms with Crippen molar-refractivity contribution >= 4 is 48.9 Å². The largest absolute Gasteiger partial charge is 0.250 e. The minimum absolute atomic E-state index is 0.329. The van der Waals surface area contributed by atoms with Crippen molar-refractivity contribution in [2.75, 3.05) is 5.88 Å². The Kier molecular flexibility index (Phi) is 3.66. The molecule has 1 aromatic rings. The number of rotatable bonds is 4. The fraction of sp³-hybridized carbons (Fsp3) is 0.556. The molecule has 90 valence electrons. The highest BCUT2D eigenvalue weighted by atomic mass is 79.9. The molecule has 3 nitrogen and oxygen atoms in total. The minimum Gasteiger partial charge on any atom is -0.206 e. The van der Waals surface area contributed by atoms with Gasteiger partial charge in [0.25, 0.3) is 10.0 Å². The SMILES string of the molecule is O=S(=O)(NC1(CCl)CCC1)c1ccc(Br)s1. The molecule has 0 bridgehead atoms. The van der Waals surface area contributed by atoms with Gasteiger partial charge in [-0.1, -0.05) is 0 Å². The Balaban J connectivity index is 2.20. The number of alkyl halides is 1. The van der Waals surface area contributed by atoms with E-state index in [9.17, 15) is 8.42 Å². The first-order valence-electron chi connectivity index (χ1n) is 4.83. The summed E-state index contributed by atoms with van der Waals surface area (Å²) in [5, 5.41) is 0. The van der Waals surface area contributed by atoms with Gasteiger partial charge in [0, 0.05) is 11.4 Å². The number of nitrogens with one attached hydrogen (secondary N) is 1. The van der Waals surface area contributed by atoms with E-state index in [2.05, 4.69) is 20.7 Å². The summed E-state index contributed by atoms with van der Waals surface area (Å²) in [6.45, 7) is 0. The number of hydrogen-bond acceptors (Lipinski definition) is 3. The van der Waals surface area contributed by atoms with Gasteiger partial charge in [-0.05, 0) is 47.3 Å². The van der Waals surface area contributed by atoms with E-state index < -0.39 is 15.6 Å². The van der Waals surface area contributed by atoms with Crippen LogP contribution in [0.25, 0.3) is 0 Å². The smallest absolute Gasteiger partial charge is 0.206 e. The van der Waals surface area contributed by atoms with Gasteiger partial charge in [-0.25, -0.2) is 13.1 Å². The second-order valence-electron chi connectivity index (χ2n) is 3.93. The predicted octanol–water partition coefficient (Wildman–Crippen LogP) is 2.95. The van der Waals surface area contributed by atoms with Crippen molar-refractivity contribution < 1.29 is 8.42 Å². The van der Waals surface area contributed by atoms with Crippen LogP contribution in [0.1, 0.15) is 19.3 Å². The monoisotopic (exact) mass is 343 g/mol. The highest BCUT2D eigenvalue weighted by Gasteiger charge is 2.40. The first-order valence-corrected chi connectivity index (χ1v) is 8.45. The molecule has 16 heavy (non-hydrogen) atoms. The molecule has 0 atom stereocenters. The molecule has 0 spiro atoms. The second-order valence-corrected chi connectivity index (χ2v) is 8.57. The molecule has 1 aromatic heterocycles. The summed E-state index contributed by atoms with van der Waals surface area (Å²) in [7, 11) is -3.42. The first kappa shape index (κ1) is 12.8. The zero-order chi connectivity index (χ0) is 11.8. The van der Waals surface area contributed by atoms with E-state index >= 15 is 0 Å². The Labute approximate surface area is 112 Å². The Morgan fingerprint density at radius 3 is 2.56 bits per heavy atom. The van der Waals surface area contributed by atoms with Gasteiger partial charge in [0.2, 0.25) is 0 Å². The summed E-state index contributed by atoms with van der Waals surface area (Å²) in [5.74, 6) is 0.332. The maximum absolute atomic E-state index is 12.0. The third-order valence-corrected chi connectivity index (χ3v) is 6.94. The second kappa shape index (κ2) is 4.57. The molecule has 7 heteroatoms. The number of hydrogen-bond donors (Lipinski definition) is 1. The van der Waals surface area contributed by atoms with Gasteiger partial charge < -0.3 is 0 Å². The van der Waals surface area contributed by atoms with Crippen LogP contribution < -0.4 is 4.72 Å². The lowest BCUT2D eigenvalue weighted by Gasteiger charge is -2.40. The lowest BCUT2D eigenvalue weighted by atomic mass is 9.79. The molecule has 1 heterocycles. The lowest BCUT2D eigenvalue weighted by Crippen LogP contribution is -2.54. The van der Waals surface area contributed by atoms with E-state index in [4.69, 9.17) is 11.6 Å². The molecule has 1 N–H and O–H groups in total. The van der Waals surface area contributed by atoms with Crippen molar-refractivity contribution in [2.24, 2.45) is 0 Å². The maximum atomic E-state index is 12.0. The first-order chi connectivity index (χ1) is 7.47. The maximum Gasteiger partial charge on any atom is 0.250 e. The van der Waals surface area contributed by atoms with Crippen molar-refractivity contribution in [1.29, 1.82) is 0 Å². The van der Waals surface area contributed by atoms with Crippen LogP contribution >= 0.6 is 38.9 Å². The van der Waals surface area contributed by atoms with Crippen LogP contribution in [0.5, 0.6) is 0 Å². The van der Waals surface area contributed by atoms with Gasteiger partial charge in [0.1, 0.15) is 4.21 Å². The summed E-state index contributed by atoms with van der Waals surface area (Å²) < 4.78 is 27.9. The van der Waals surface area contributed by atoms with Gasteiger partial charge in [0.15, 0.2) is 0 Å². The molecule has 0 radical (unpaired) electrons. The number of halogens is 2. The molecule has 0 unspecified atom stereocenters. The summed E-state index contributed by atoms with van der Waals surface area (Å²) >= 11 is 10.3. The predicted molar refractivity (Wildman–Crippen MR) is 69.6 cm³/mol. The zero-order valence-corrected chi connectivity index (χ0v) is 12.3. The van der Waals surface area contributed by atoms with Crippen LogP contribution in [0, 0.1) is 0 Å². The van der Waals surface area contributed by atoms with E-state index in [0.717, 1.165) is 23.0 Å². The normalized spacial score (nSPS) is 19.4. The van der Waals surface area contributed by atoms with Gasteiger partial charge in [-0.3, -0.25) is 0 Å². The van der Waals surface area contributed by atoms with Crippen LogP contribution in [0.15, 0.2) is 20.1 Å². The van der Waals surface area contributed by atoms with Crippen molar-refractivity contribution in [3.05, 3.63) is 15.9 Å². The van der Waals surface area contributed by atoms with Crippen LogP contribution in [-0.2, 0) is 10.0 Å². The van der Waals surface area contributed by atoms with Gasteiger partial charge in [-0.15, -0.1) is 22.9 Å². The molecule has 0 aliphatic heterocycles. The van der Waals surface area contributed by atoms with Gasteiger partial charge >= 0.3 is 0 Å². The molecule has 0 saturated heterocycles. The Morgan fingerprint density at radius 1 is 1.50 bits per heavy atom. The zero-order valence-electron chi connectivity index (χ0n) is 8.37. The fourth-order valence-corrected chi connectivity index (χ4v) is 5.53. The van der Waals surface area contributed by atoms with E-state index in [1.54, 1.807) is 12.1 Å². The van der Waals surface area contributed by atoms with Crippen LogP contribution in [-0.4, -0.2) is 19.8 Å². The van der Waals surface area contributed by atoms with Crippen molar-refractivity contribution in [1.82, 2.24) is 4.72 Å². The Hall–Kier alpha value is 0.380. The molecule has 1 aliphatic rings. The molecular weight excluding hydrogens is 334 g/mol. The average molecular weight is 345 g/mol. The van der Waals surface area contributed by atoms with Crippen LogP contribution in [0.2, 0.25) is 0 Å². The third-order valence-electron chi connectivity index (χ3n) is 2.73. The number of thiophene rings is 1. The molecular formula is C9H11BrClNO2S2. The van der Waals surface area contributed by atoms with E-state index in [1.807, 2.05) is 0 Å². The third kappa shape index (κ3) is 2.46. The van der Waals surface area contributed by atoms with E-state index in [0.29, 0.717) is 10.1 Å². The molecule has 1 aliphatic carbocycles. The molecule has 1 saturated carbocycles. The van der Waals surface area contributed by atoms with Crippen LogP contribution in [0.3, 0.4) is 0 Å².